The second-order valence-electron chi connectivity index (χ2n) is 19.7. The Morgan fingerprint density at radius 3 is 1.07 bits per heavy atom. The largest absolute Gasteiger partial charge is 0.472 e. The molecule has 0 fully saturated rings. The third-order valence-electron chi connectivity index (χ3n) is 12.2. The Hall–Kier alpha value is -4.64. The van der Waals surface area contributed by atoms with Crippen molar-refractivity contribution >= 4 is 25.7 Å². The number of unbranched alkanes of at least 4 members (excludes halogenated alkanes) is 14. The van der Waals surface area contributed by atoms with Gasteiger partial charge in [0.25, 0.3) is 0 Å². The van der Waals surface area contributed by atoms with Crippen molar-refractivity contribution in [2.24, 2.45) is 0 Å². The molecule has 12 heteroatoms. The van der Waals surface area contributed by atoms with Gasteiger partial charge >= 0.3 is 25.7 Å². The molecule has 0 rings (SSSR count). The Morgan fingerprint density at radius 1 is 0.362 bits per heavy atom. The summed E-state index contributed by atoms with van der Waals surface area (Å²) in [5.74, 6) is -1.61. The van der Waals surface area contributed by atoms with Crippen LogP contribution in [0.2, 0.25) is 0 Å². The van der Waals surface area contributed by atoms with Crippen LogP contribution in [0.1, 0.15) is 226 Å². The fourth-order valence-electron chi connectivity index (χ4n) is 7.64. The second-order valence-corrected chi connectivity index (χ2v) is 21.2. The molecule has 0 spiro atoms. The zero-order chi connectivity index (χ0) is 58.3. The highest BCUT2D eigenvalue weighted by Crippen LogP contribution is 2.43. The number of aliphatic hydroxyl groups is 1. The Balaban J connectivity index is 4.89. The van der Waals surface area contributed by atoms with Gasteiger partial charge in [0.2, 0.25) is 0 Å². The van der Waals surface area contributed by atoms with E-state index < -0.39 is 57.8 Å². The molecular formula is C68H109O11P. The van der Waals surface area contributed by atoms with Gasteiger partial charge in [-0.25, -0.2) is 4.57 Å². The number of esters is 3. The van der Waals surface area contributed by atoms with E-state index in [1.165, 1.54) is 19.3 Å². The molecule has 452 valence electrons. The van der Waals surface area contributed by atoms with E-state index in [-0.39, 0.29) is 25.9 Å². The fourth-order valence-corrected chi connectivity index (χ4v) is 8.42. The molecule has 2 N–H and O–H groups in total. The minimum atomic E-state index is -4.79. The van der Waals surface area contributed by atoms with Gasteiger partial charge in [-0.1, -0.05) is 224 Å². The molecule has 0 aromatic rings. The smallest absolute Gasteiger partial charge is 0.462 e. The number of carbonyl (C=O) groups is 3. The van der Waals surface area contributed by atoms with Crippen molar-refractivity contribution in [3.05, 3.63) is 146 Å². The lowest BCUT2D eigenvalue weighted by atomic mass is 10.1. The van der Waals surface area contributed by atoms with Crippen LogP contribution in [0.5, 0.6) is 0 Å². The number of ether oxygens (including phenoxy) is 3. The van der Waals surface area contributed by atoms with Crippen molar-refractivity contribution in [1.82, 2.24) is 0 Å². The Kier molecular flexibility index (Phi) is 56.9. The maximum atomic E-state index is 12.9. The van der Waals surface area contributed by atoms with Gasteiger partial charge in [-0.05, 0) is 128 Å². The van der Waals surface area contributed by atoms with Crippen LogP contribution < -0.4 is 0 Å². The first-order valence-corrected chi connectivity index (χ1v) is 32.2. The van der Waals surface area contributed by atoms with Crippen LogP contribution in [0.4, 0.5) is 0 Å². The lowest BCUT2D eigenvalue weighted by molar-refractivity contribution is -0.161. The first-order chi connectivity index (χ1) is 39.2. The third kappa shape index (κ3) is 58.0. The summed E-state index contributed by atoms with van der Waals surface area (Å²) >= 11 is 0. The number of phosphoric acid groups is 1. The van der Waals surface area contributed by atoms with Crippen LogP contribution in [0.25, 0.3) is 0 Å². The van der Waals surface area contributed by atoms with E-state index in [1.54, 1.807) is 0 Å². The van der Waals surface area contributed by atoms with Crippen molar-refractivity contribution in [3.8, 4) is 0 Å². The van der Waals surface area contributed by atoms with Gasteiger partial charge in [0.15, 0.2) is 6.10 Å². The molecule has 0 aliphatic heterocycles. The van der Waals surface area contributed by atoms with Gasteiger partial charge in [-0.15, -0.1) is 0 Å². The van der Waals surface area contributed by atoms with Crippen molar-refractivity contribution in [3.63, 3.8) is 0 Å². The van der Waals surface area contributed by atoms with Gasteiger partial charge in [0.1, 0.15) is 12.7 Å². The summed E-state index contributed by atoms with van der Waals surface area (Å²) in [5, 5.41) is 9.83. The third-order valence-corrected chi connectivity index (χ3v) is 13.2. The topological polar surface area (TPSA) is 155 Å². The summed E-state index contributed by atoms with van der Waals surface area (Å²) in [6.07, 6.45) is 78.1. The molecule has 80 heavy (non-hydrogen) atoms. The van der Waals surface area contributed by atoms with Crippen molar-refractivity contribution in [1.29, 1.82) is 0 Å². The van der Waals surface area contributed by atoms with Gasteiger partial charge in [-0.3, -0.25) is 23.4 Å². The summed E-state index contributed by atoms with van der Waals surface area (Å²) in [7, 11) is -4.79. The van der Waals surface area contributed by atoms with E-state index >= 15 is 0 Å². The van der Waals surface area contributed by atoms with Crippen LogP contribution in [-0.2, 0) is 42.2 Å². The van der Waals surface area contributed by atoms with Crippen molar-refractivity contribution in [2.75, 3.05) is 26.4 Å². The van der Waals surface area contributed by atoms with Crippen molar-refractivity contribution in [2.45, 2.75) is 238 Å². The summed E-state index contributed by atoms with van der Waals surface area (Å²) in [6, 6.07) is 0. The number of aliphatic hydroxyl groups excluding tert-OH is 1. The summed E-state index contributed by atoms with van der Waals surface area (Å²) in [5.41, 5.74) is 0. The predicted molar refractivity (Wildman–Crippen MR) is 334 cm³/mol. The number of hydrogen-bond donors (Lipinski definition) is 2. The van der Waals surface area contributed by atoms with E-state index in [0.717, 1.165) is 141 Å². The molecule has 0 aromatic carbocycles. The maximum Gasteiger partial charge on any atom is 0.472 e. The lowest BCUT2D eigenvalue weighted by Crippen LogP contribution is -2.30. The molecule has 3 atom stereocenters. The highest BCUT2D eigenvalue weighted by molar-refractivity contribution is 7.47. The second kappa shape index (κ2) is 60.5. The van der Waals surface area contributed by atoms with Crippen LogP contribution in [-0.4, -0.2) is 66.5 Å². The SMILES string of the molecule is CC/C=C\C/C=C\C/C=C\C/C=C\C/C=C\C/C=C\CCC(=O)OC(COC(=O)CCCCCCCC/C=C\C/C=C\C/C=C\C/C=C\CC)COP(=O)(O)OCC(CO)OC(=O)CCCCCCC/C=C\C/C=C\CCCCC. The van der Waals surface area contributed by atoms with Crippen molar-refractivity contribution < 1.29 is 52.2 Å². The quantitative estimate of drug-likeness (QED) is 0.0197. The predicted octanol–water partition coefficient (Wildman–Crippen LogP) is 18.7. The minimum absolute atomic E-state index is 0.0298. The molecule has 0 saturated heterocycles. The highest BCUT2D eigenvalue weighted by atomic mass is 31.2. The summed E-state index contributed by atoms with van der Waals surface area (Å²) < 4.78 is 39.5. The highest BCUT2D eigenvalue weighted by Gasteiger charge is 2.28. The van der Waals surface area contributed by atoms with Crippen LogP contribution >= 0.6 is 7.82 Å². The number of hydrogen-bond acceptors (Lipinski definition) is 10. The summed E-state index contributed by atoms with van der Waals surface area (Å²) in [4.78, 5) is 48.7. The van der Waals surface area contributed by atoms with E-state index in [1.807, 2.05) is 12.2 Å². The zero-order valence-electron chi connectivity index (χ0n) is 50.0. The minimum Gasteiger partial charge on any atom is -0.462 e. The molecule has 0 saturated carbocycles. The molecule has 0 aromatic heterocycles. The van der Waals surface area contributed by atoms with Gasteiger partial charge in [0, 0.05) is 19.3 Å². The van der Waals surface area contributed by atoms with Gasteiger partial charge in [-0.2, -0.15) is 0 Å². The molecule has 0 radical (unpaired) electrons. The fraction of sp³-hybridized carbons (Fsp3) is 0.603. The molecule has 11 nitrogen and oxygen atoms in total. The average molecular weight is 1130 g/mol. The Labute approximate surface area is 486 Å². The normalized spacial score (nSPS) is 14.3. The van der Waals surface area contributed by atoms with Crippen LogP contribution in [0.3, 0.4) is 0 Å². The zero-order valence-corrected chi connectivity index (χ0v) is 50.9. The number of phosphoric ester groups is 1. The maximum absolute atomic E-state index is 12.9. The van der Waals surface area contributed by atoms with E-state index in [4.69, 9.17) is 23.3 Å². The first kappa shape index (κ1) is 75.4. The molecule has 0 amide bonds. The molecular weight excluding hydrogens is 1020 g/mol. The Morgan fingerprint density at radius 2 is 0.675 bits per heavy atom. The average Bonchev–Trinajstić information content (AvgIpc) is 3.45. The Bertz CT molecular complexity index is 1900. The van der Waals surface area contributed by atoms with Crippen LogP contribution in [0.15, 0.2) is 146 Å². The molecule has 0 bridgehead atoms. The van der Waals surface area contributed by atoms with E-state index in [2.05, 4.69) is 154 Å². The molecule has 0 aliphatic carbocycles. The standard InChI is InChI=1S/C68H109O11P/c1-4-7-10-13-16-19-22-25-28-30-32-34-37-39-42-45-48-51-54-57-66(70)75-61-65(79-68(72)59-56-53-50-47-44-41-38-35-33-31-29-26-23-20-17-14-11-8-5-2)63-77-80(73,74)76-62-64(60-69)78-67(71)58-55-52-49-46-43-40-36-27-24-21-18-15-12-9-6-3/h7-8,10-11,16-21,25-29,32-36,41,44,50,53,64-65,69H,4-6,9,12-15,22-24,30-31,37-40,42-43,45-49,51-52,54-63H2,1-3H3,(H,73,74)/b10-7-,11-8-,19-16-,20-17-,21-18-,28-25-,29-26-,34-32-,35-33-,36-27-,44-41-,53-50-. The monoisotopic (exact) mass is 1130 g/mol. The molecule has 3 unspecified atom stereocenters. The van der Waals surface area contributed by atoms with Gasteiger partial charge in [0.05, 0.1) is 19.8 Å². The van der Waals surface area contributed by atoms with Gasteiger partial charge < -0.3 is 24.2 Å². The first-order valence-electron chi connectivity index (χ1n) is 30.7. The van der Waals surface area contributed by atoms with Crippen LogP contribution in [0, 0.1) is 0 Å². The molecule has 0 aliphatic rings. The number of carbonyl (C=O) groups excluding carboxylic acids is 3. The number of allylic oxidation sites excluding steroid dienone is 24. The lowest BCUT2D eigenvalue weighted by Gasteiger charge is -2.21. The molecule has 0 heterocycles. The van der Waals surface area contributed by atoms with E-state index in [9.17, 15) is 28.9 Å². The number of rotatable bonds is 55. The van der Waals surface area contributed by atoms with E-state index in [0.29, 0.717) is 25.7 Å². The summed E-state index contributed by atoms with van der Waals surface area (Å²) in [6.45, 7) is 4.26.